The number of phenols is 2. The van der Waals surface area contributed by atoms with E-state index in [4.69, 9.17) is 9.15 Å². The Morgan fingerprint density at radius 3 is 2.00 bits per heavy atom. The summed E-state index contributed by atoms with van der Waals surface area (Å²) in [4.78, 5) is 13.6. The standard InChI is InChI=1S/C29H34O5/c1-16(2)8-14-21-24(30)22(15-9-17(3)4)28-23(25(21)31)26(32)29(33-7)27(34-28)20-12-10-19(11-13-20)18(5)6/h8-13,18,30-31H,14-15H2,1-7H3. The molecule has 2 aromatic carbocycles. The van der Waals surface area contributed by atoms with Crippen molar-refractivity contribution in [2.75, 3.05) is 7.11 Å². The number of fused-ring (bicyclic) bond motifs is 1. The van der Waals surface area contributed by atoms with Crippen molar-refractivity contribution in [2.45, 2.75) is 60.3 Å². The van der Waals surface area contributed by atoms with Gasteiger partial charge in [0.05, 0.1) is 7.11 Å². The number of rotatable bonds is 7. The molecule has 0 fully saturated rings. The number of methoxy groups -OCH3 is 1. The van der Waals surface area contributed by atoms with Gasteiger partial charge in [0.15, 0.2) is 5.76 Å². The highest BCUT2D eigenvalue weighted by atomic mass is 16.5. The second kappa shape index (κ2) is 10.2. The molecule has 0 aliphatic carbocycles. The molecule has 0 aliphatic rings. The maximum absolute atomic E-state index is 13.6. The Labute approximate surface area is 201 Å². The maximum atomic E-state index is 13.6. The van der Waals surface area contributed by atoms with E-state index in [0.717, 1.165) is 16.7 Å². The fraction of sp³-hybridized carbons (Fsp3) is 0.345. The average Bonchev–Trinajstić information content (AvgIpc) is 2.78. The number of phenolic OH excluding ortho intramolecular Hbond substituents is 2. The number of aromatic hydroxyl groups is 2. The molecular weight excluding hydrogens is 428 g/mol. The van der Waals surface area contributed by atoms with Crippen molar-refractivity contribution in [2.24, 2.45) is 0 Å². The molecule has 5 nitrogen and oxygen atoms in total. The molecule has 5 heteroatoms. The molecule has 0 radical (unpaired) electrons. The number of hydrogen-bond donors (Lipinski definition) is 2. The first-order valence-corrected chi connectivity index (χ1v) is 11.5. The SMILES string of the molecule is COc1c(-c2ccc(C(C)C)cc2)oc2c(CC=C(C)C)c(O)c(CC=C(C)C)c(O)c2c1=O. The molecule has 180 valence electrons. The summed E-state index contributed by atoms with van der Waals surface area (Å²) < 4.78 is 11.7. The summed E-state index contributed by atoms with van der Waals surface area (Å²) in [6.07, 6.45) is 4.50. The molecule has 1 aromatic heterocycles. The van der Waals surface area contributed by atoms with Crippen molar-refractivity contribution in [1.82, 2.24) is 0 Å². The third-order valence-corrected chi connectivity index (χ3v) is 5.91. The van der Waals surface area contributed by atoms with Crippen LogP contribution in [0, 0.1) is 0 Å². The molecule has 0 unspecified atom stereocenters. The Morgan fingerprint density at radius 2 is 1.50 bits per heavy atom. The summed E-state index contributed by atoms with van der Waals surface area (Å²) in [7, 11) is 1.41. The van der Waals surface area contributed by atoms with Gasteiger partial charge in [-0.1, -0.05) is 61.4 Å². The highest BCUT2D eigenvalue weighted by Gasteiger charge is 2.26. The Bertz CT molecular complexity index is 1310. The van der Waals surface area contributed by atoms with Gasteiger partial charge < -0.3 is 19.4 Å². The van der Waals surface area contributed by atoms with E-state index in [2.05, 4.69) is 13.8 Å². The molecule has 2 N–H and O–H groups in total. The van der Waals surface area contributed by atoms with Crippen LogP contribution in [0.1, 0.15) is 64.2 Å². The van der Waals surface area contributed by atoms with Crippen LogP contribution in [-0.4, -0.2) is 17.3 Å². The third-order valence-electron chi connectivity index (χ3n) is 5.91. The average molecular weight is 463 g/mol. The van der Waals surface area contributed by atoms with Crippen molar-refractivity contribution in [3.63, 3.8) is 0 Å². The zero-order valence-electron chi connectivity index (χ0n) is 21.1. The predicted molar refractivity (Wildman–Crippen MR) is 138 cm³/mol. The predicted octanol–water partition coefficient (Wildman–Crippen LogP) is 7.02. The molecule has 1 heterocycles. The lowest BCUT2D eigenvalue weighted by Crippen LogP contribution is -2.10. The van der Waals surface area contributed by atoms with E-state index in [1.807, 2.05) is 64.1 Å². The zero-order chi connectivity index (χ0) is 25.2. The van der Waals surface area contributed by atoms with E-state index >= 15 is 0 Å². The van der Waals surface area contributed by atoms with Crippen molar-refractivity contribution < 1.29 is 19.4 Å². The molecule has 3 rings (SSSR count). The first-order valence-electron chi connectivity index (χ1n) is 11.5. The van der Waals surface area contributed by atoms with E-state index in [1.54, 1.807) is 0 Å². The minimum absolute atomic E-state index is 0.0199. The van der Waals surface area contributed by atoms with Crippen molar-refractivity contribution in [1.29, 1.82) is 0 Å². The lowest BCUT2D eigenvalue weighted by atomic mass is 9.96. The third kappa shape index (κ3) is 4.89. The first-order chi connectivity index (χ1) is 16.1. The van der Waals surface area contributed by atoms with Gasteiger partial charge in [0.1, 0.15) is 22.5 Å². The largest absolute Gasteiger partial charge is 0.507 e. The maximum Gasteiger partial charge on any atom is 0.239 e. The summed E-state index contributed by atoms with van der Waals surface area (Å²) in [5.41, 5.74) is 4.40. The van der Waals surface area contributed by atoms with Gasteiger partial charge in [0.2, 0.25) is 11.2 Å². The first kappa shape index (κ1) is 25.2. The van der Waals surface area contributed by atoms with Crippen LogP contribution < -0.4 is 10.2 Å². The fourth-order valence-electron chi connectivity index (χ4n) is 3.89. The van der Waals surface area contributed by atoms with Crippen LogP contribution in [0.15, 0.2) is 56.8 Å². The lowest BCUT2D eigenvalue weighted by molar-refractivity contribution is 0.396. The topological polar surface area (TPSA) is 79.9 Å². The molecule has 0 bridgehead atoms. The van der Waals surface area contributed by atoms with Crippen LogP contribution in [0.4, 0.5) is 0 Å². The van der Waals surface area contributed by atoms with Crippen LogP contribution in [0.2, 0.25) is 0 Å². The monoisotopic (exact) mass is 462 g/mol. The minimum atomic E-state index is -0.471. The molecule has 0 amide bonds. The molecule has 0 spiro atoms. The molecule has 0 aliphatic heterocycles. The van der Waals surface area contributed by atoms with Crippen molar-refractivity contribution in [3.05, 3.63) is 74.5 Å². The lowest BCUT2D eigenvalue weighted by Gasteiger charge is -2.17. The summed E-state index contributed by atoms with van der Waals surface area (Å²) in [5.74, 6) is 0.314. The van der Waals surface area contributed by atoms with Crippen molar-refractivity contribution in [3.8, 4) is 28.6 Å². The quantitative estimate of drug-likeness (QED) is 0.369. The summed E-state index contributed by atoms with van der Waals surface area (Å²) in [5, 5.41) is 22.3. The smallest absolute Gasteiger partial charge is 0.239 e. The van der Waals surface area contributed by atoms with Gasteiger partial charge in [0, 0.05) is 16.7 Å². The molecular formula is C29H34O5. The fourth-order valence-corrected chi connectivity index (χ4v) is 3.89. The Hall–Kier alpha value is -3.47. The van der Waals surface area contributed by atoms with Gasteiger partial charge in [-0.15, -0.1) is 0 Å². The Morgan fingerprint density at radius 1 is 0.941 bits per heavy atom. The van der Waals surface area contributed by atoms with E-state index in [-0.39, 0.29) is 40.4 Å². The van der Waals surface area contributed by atoms with Crippen LogP contribution in [-0.2, 0) is 12.8 Å². The molecule has 0 atom stereocenters. The molecule has 3 aromatic rings. The zero-order valence-corrected chi connectivity index (χ0v) is 21.1. The van der Waals surface area contributed by atoms with Crippen molar-refractivity contribution >= 4 is 11.0 Å². The highest BCUT2D eigenvalue weighted by molar-refractivity contribution is 5.93. The van der Waals surface area contributed by atoms with Gasteiger partial charge in [0.25, 0.3) is 0 Å². The molecule has 0 saturated carbocycles. The summed E-state index contributed by atoms with van der Waals surface area (Å²) in [6.45, 7) is 12.0. The second-order valence-corrected chi connectivity index (χ2v) is 9.40. The Kier molecular flexibility index (Phi) is 7.55. The van der Waals surface area contributed by atoms with Gasteiger partial charge in [-0.2, -0.15) is 0 Å². The van der Waals surface area contributed by atoms with Crippen LogP contribution in [0.5, 0.6) is 17.2 Å². The van der Waals surface area contributed by atoms with Crippen LogP contribution in [0.3, 0.4) is 0 Å². The van der Waals surface area contributed by atoms with Gasteiger partial charge in [-0.3, -0.25) is 4.79 Å². The Balaban J connectivity index is 2.41. The molecule has 34 heavy (non-hydrogen) atoms. The number of benzene rings is 2. The summed E-state index contributed by atoms with van der Waals surface area (Å²) >= 11 is 0. The summed E-state index contributed by atoms with van der Waals surface area (Å²) in [6, 6.07) is 7.76. The highest BCUT2D eigenvalue weighted by Crippen LogP contribution is 2.43. The van der Waals surface area contributed by atoms with E-state index in [0.29, 0.717) is 29.0 Å². The minimum Gasteiger partial charge on any atom is -0.507 e. The van der Waals surface area contributed by atoms with Gasteiger partial charge in [-0.05, 0) is 52.0 Å². The molecule has 0 saturated heterocycles. The van der Waals surface area contributed by atoms with E-state index in [9.17, 15) is 15.0 Å². The van der Waals surface area contributed by atoms with Crippen LogP contribution >= 0.6 is 0 Å². The second-order valence-electron chi connectivity index (χ2n) is 9.40. The number of ether oxygens (including phenoxy) is 1. The van der Waals surface area contributed by atoms with Gasteiger partial charge in [-0.25, -0.2) is 0 Å². The van der Waals surface area contributed by atoms with Crippen LogP contribution in [0.25, 0.3) is 22.3 Å². The number of allylic oxidation sites excluding steroid dienone is 4. The van der Waals surface area contributed by atoms with E-state index in [1.165, 1.54) is 7.11 Å². The van der Waals surface area contributed by atoms with E-state index < -0.39 is 5.43 Å². The van der Waals surface area contributed by atoms with Gasteiger partial charge >= 0.3 is 0 Å². The number of hydrogen-bond acceptors (Lipinski definition) is 5. The normalized spacial score (nSPS) is 11.1.